The van der Waals surface area contributed by atoms with Crippen LogP contribution in [0, 0.1) is 35.0 Å². The van der Waals surface area contributed by atoms with Crippen molar-refractivity contribution in [3.05, 3.63) is 0 Å². The van der Waals surface area contributed by atoms with Gasteiger partial charge in [0.05, 0.1) is 26.0 Å². The van der Waals surface area contributed by atoms with Crippen LogP contribution in [0.25, 0.3) is 0 Å². The molecule has 0 aromatic heterocycles. The monoisotopic (exact) mass is 434 g/mol. The Morgan fingerprint density at radius 1 is 1.16 bits per heavy atom. The molecule has 174 valence electrons. The van der Waals surface area contributed by atoms with Crippen molar-refractivity contribution in [2.45, 2.75) is 76.2 Å². The smallest absolute Gasteiger partial charge is 0.226 e. The summed E-state index contributed by atoms with van der Waals surface area (Å²) in [5.41, 5.74) is 6.91. The number of carbonyl (C=O) groups is 1. The van der Waals surface area contributed by atoms with E-state index in [4.69, 9.17) is 4.74 Å². The van der Waals surface area contributed by atoms with E-state index in [1.165, 1.54) is 25.7 Å². The second-order valence-corrected chi connectivity index (χ2v) is 11.6. The van der Waals surface area contributed by atoms with Crippen molar-refractivity contribution in [3.63, 3.8) is 0 Å². The summed E-state index contributed by atoms with van der Waals surface area (Å²) in [5, 5.41) is 0. The number of halogens is 1. The first-order chi connectivity index (χ1) is 15.1. The Balaban J connectivity index is 1.16. The third kappa shape index (κ3) is 3.54. The first-order valence-corrected chi connectivity index (χ1v) is 12.8. The molecule has 7 unspecified atom stereocenters. The number of hydrogen-bond acceptors (Lipinski definition) is 5. The summed E-state index contributed by atoms with van der Waals surface area (Å²) < 4.78 is 20.6. The Kier molecular flexibility index (Phi) is 5.32. The number of nitrogens with zero attached hydrogens (tertiary/aromatic N) is 2. The molecular formula is C24H39FN4O2. The Morgan fingerprint density at radius 3 is 2.68 bits per heavy atom. The number of amides is 1. The summed E-state index contributed by atoms with van der Waals surface area (Å²) in [4.78, 5) is 18.0. The first-order valence-electron chi connectivity index (χ1n) is 12.8. The summed E-state index contributed by atoms with van der Waals surface area (Å²) in [6.45, 7) is 3.40. The largest absolute Gasteiger partial charge is 0.380 e. The van der Waals surface area contributed by atoms with Gasteiger partial charge in [-0.05, 0) is 82.1 Å². The number of carbonyl (C=O) groups excluding carboxylic acids is 1. The quantitative estimate of drug-likeness (QED) is 0.696. The molecule has 3 aliphatic carbocycles. The van der Waals surface area contributed by atoms with Gasteiger partial charge in [-0.1, -0.05) is 6.42 Å². The van der Waals surface area contributed by atoms with E-state index in [0.29, 0.717) is 36.4 Å². The zero-order valence-corrected chi connectivity index (χ0v) is 18.9. The highest BCUT2D eigenvalue weighted by Gasteiger charge is 2.56. The molecule has 3 saturated heterocycles. The van der Waals surface area contributed by atoms with E-state index in [-0.39, 0.29) is 23.2 Å². The van der Waals surface area contributed by atoms with Crippen LogP contribution in [0.3, 0.4) is 0 Å². The molecule has 6 aliphatic rings. The first kappa shape index (κ1) is 20.8. The van der Waals surface area contributed by atoms with Crippen molar-refractivity contribution in [2.75, 3.05) is 33.5 Å². The van der Waals surface area contributed by atoms with Crippen LogP contribution in [0.15, 0.2) is 0 Å². The van der Waals surface area contributed by atoms with Crippen molar-refractivity contribution in [1.82, 2.24) is 20.7 Å². The number of hydrogen-bond donors (Lipinski definition) is 2. The number of ether oxygens (including phenoxy) is 1. The van der Waals surface area contributed by atoms with E-state index in [2.05, 4.69) is 27.7 Å². The molecule has 3 aliphatic heterocycles. The highest BCUT2D eigenvalue weighted by molar-refractivity contribution is 5.82. The van der Waals surface area contributed by atoms with Gasteiger partial charge in [0, 0.05) is 23.9 Å². The van der Waals surface area contributed by atoms with Gasteiger partial charge in [0.25, 0.3) is 0 Å². The zero-order valence-electron chi connectivity index (χ0n) is 18.9. The van der Waals surface area contributed by atoms with Gasteiger partial charge in [0.2, 0.25) is 5.91 Å². The lowest BCUT2D eigenvalue weighted by atomic mass is 9.64. The van der Waals surface area contributed by atoms with Gasteiger partial charge in [0.1, 0.15) is 6.17 Å². The lowest BCUT2D eigenvalue weighted by Crippen LogP contribution is -2.56. The fourth-order valence-electron chi connectivity index (χ4n) is 7.81. The van der Waals surface area contributed by atoms with Crippen LogP contribution in [0.1, 0.15) is 57.8 Å². The van der Waals surface area contributed by atoms with E-state index in [9.17, 15) is 9.18 Å². The summed E-state index contributed by atoms with van der Waals surface area (Å²) >= 11 is 0. The van der Waals surface area contributed by atoms with Crippen LogP contribution < -0.4 is 10.9 Å². The standard InChI is InChI=1S/C24H39FN4O2/c1-28-14-26-27-21(28)10-24(12-31-13-24)16-3-2-4-17(9-16)29-11-19-18(23(29)30)7-8-20(25)22(19)15-5-6-15/h15-22,26-27H,2-14H2,1H3. The summed E-state index contributed by atoms with van der Waals surface area (Å²) in [7, 11) is 2.16. The second-order valence-electron chi connectivity index (χ2n) is 11.6. The zero-order chi connectivity index (χ0) is 21.2. The van der Waals surface area contributed by atoms with Crippen molar-refractivity contribution >= 4 is 5.91 Å². The van der Waals surface area contributed by atoms with Crippen molar-refractivity contribution in [1.29, 1.82) is 0 Å². The number of hydrazine groups is 1. The molecule has 6 rings (SSSR count). The Bertz CT molecular complexity index is 699. The Labute approximate surface area is 185 Å². The van der Waals surface area contributed by atoms with Crippen LogP contribution in [0.2, 0.25) is 0 Å². The normalized spacial score (nSPS) is 45.5. The number of rotatable bonds is 5. The van der Waals surface area contributed by atoms with Crippen LogP contribution in [-0.2, 0) is 9.53 Å². The van der Waals surface area contributed by atoms with E-state index in [0.717, 1.165) is 52.1 Å². The van der Waals surface area contributed by atoms with E-state index < -0.39 is 6.17 Å². The van der Waals surface area contributed by atoms with Crippen molar-refractivity contribution < 1.29 is 13.9 Å². The molecule has 0 aromatic rings. The molecule has 7 heteroatoms. The van der Waals surface area contributed by atoms with E-state index in [1.807, 2.05) is 0 Å². The highest BCUT2D eigenvalue weighted by atomic mass is 19.1. The number of likely N-dealkylation sites (tertiary alicyclic amines) is 1. The fourth-order valence-corrected chi connectivity index (χ4v) is 7.81. The highest BCUT2D eigenvalue weighted by Crippen LogP contribution is 2.54. The Hall–Kier alpha value is -0.760. The van der Waals surface area contributed by atoms with Gasteiger partial charge < -0.3 is 9.64 Å². The molecule has 6 fully saturated rings. The van der Waals surface area contributed by atoms with Crippen LogP contribution in [0.4, 0.5) is 4.39 Å². The van der Waals surface area contributed by atoms with Crippen LogP contribution in [0.5, 0.6) is 0 Å². The summed E-state index contributed by atoms with van der Waals surface area (Å²) in [6, 6.07) is 0.347. The lowest BCUT2D eigenvalue weighted by Gasteiger charge is -2.52. The minimum Gasteiger partial charge on any atom is -0.380 e. The van der Waals surface area contributed by atoms with Gasteiger partial charge in [-0.2, -0.15) is 0 Å². The molecule has 3 heterocycles. The van der Waals surface area contributed by atoms with Crippen molar-refractivity contribution in [3.8, 4) is 0 Å². The minimum absolute atomic E-state index is 0.0985. The maximum absolute atomic E-state index is 14.8. The van der Waals surface area contributed by atoms with Crippen molar-refractivity contribution in [2.24, 2.45) is 35.0 Å². The second kappa shape index (κ2) is 7.93. The average Bonchev–Trinajstić information content (AvgIpc) is 3.41. The summed E-state index contributed by atoms with van der Waals surface area (Å²) in [6.07, 6.45) is 9.15. The summed E-state index contributed by atoms with van der Waals surface area (Å²) in [5.74, 6) is 2.03. The van der Waals surface area contributed by atoms with Gasteiger partial charge in [-0.25, -0.2) is 15.2 Å². The van der Waals surface area contributed by atoms with E-state index >= 15 is 0 Å². The molecular weight excluding hydrogens is 395 g/mol. The van der Waals surface area contributed by atoms with Gasteiger partial charge in [0.15, 0.2) is 0 Å². The van der Waals surface area contributed by atoms with Gasteiger partial charge in [-0.3, -0.25) is 9.69 Å². The number of nitrogens with one attached hydrogen (secondary N) is 2. The molecule has 2 N–H and O–H groups in total. The Morgan fingerprint density at radius 2 is 2.00 bits per heavy atom. The number of alkyl halides is 1. The third-order valence-corrected chi connectivity index (χ3v) is 9.82. The molecule has 0 radical (unpaired) electrons. The third-order valence-electron chi connectivity index (χ3n) is 9.82. The lowest BCUT2D eigenvalue weighted by molar-refractivity contribution is -0.169. The predicted octanol–water partition coefficient (Wildman–Crippen LogP) is 2.51. The molecule has 1 amide bonds. The molecule has 0 bridgehead atoms. The minimum atomic E-state index is -0.680. The van der Waals surface area contributed by atoms with Crippen LogP contribution in [-0.4, -0.2) is 67.6 Å². The topological polar surface area (TPSA) is 56.8 Å². The maximum Gasteiger partial charge on any atom is 0.226 e. The molecule has 7 atom stereocenters. The average molecular weight is 435 g/mol. The molecule has 0 spiro atoms. The number of fused-ring (bicyclic) bond motifs is 1. The molecule has 31 heavy (non-hydrogen) atoms. The molecule has 0 aromatic carbocycles. The van der Waals surface area contributed by atoms with Gasteiger partial charge >= 0.3 is 0 Å². The fraction of sp³-hybridized carbons (Fsp3) is 0.958. The van der Waals surface area contributed by atoms with Crippen LogP contribution >= 0.6 is 0 Å². The van der Waals surface area contributed by atoms with E-state index in [1.54, 1.807) is 0 Å². The SMILES string of the molecule is CN1CNNC1CC1(C2CCCC(N3CC4C(CCC(F)C4C4CC4)C3=O)C2)COC1. The molecule has 3 saturated carbocycles. The maximum atomic E-state index is 14.8. The predicted molar refractivity (Wildman–Crippen MR) is 115 cm³/mol. The van der Waals surface area contributed by atoms with Gasteiger partial charge in [-0.15, -0.1) is 0 Å². The molecule has 6 nitrogen and oxygen atoms in total.